The van der Waals surface area contributed by atoms with Crippen molar-refractivity contribution >= 4 is 32.4 Å². The largest absolute Gasteiger partial charge is 0.326 e. The fourth-order valence-corrected chi connectivity index (χ4v) is 3.72. The number of unbranched alkanes of at least 4 members (excludes halogenated alkanes) is 2. The highest BCUT2D eigenvalue weighted by atomic mass is 32.2. The second-order valence-corrected chi connectivity index (χ2v) is 7.13. The highest BCUT2D eigenvalue weighted by molar-refractivity contribution is 7.89. The van der Waals surface area contributed by atoms with Crippen molar-refractivity contribution in [3.63, 3.8) is 0 Å². The molecule has 1 amide bonds. The maximum Gasteiger partial charge on any atom is 0.241 e. The first-order valence-electron chi connectivity index (χ1n) is 7.68. The summed E-state index contributed by atoms with van der Waals surface area (Å²) >= 11 is 0. The Labute approximate surface area is 142 Å². The van der Waals surface area contributed by atoms with Gasteiger partial charge in [-0.15, -0.1) is 12.3 Å². The monoisotopic (exact) mass is 344 g/mol. The Balaban J connectivity index is 2.32. The molecule has 2 N–H and O–H groups in total. The first-order chi connectivity index (χ1) is 11.5. The number of nitrogens with one attached hydrogen (secondary N) is 2. The molecule has 0 saturated carbocycles. The van der Waals surface area contributed by atoms with Crippen molar-refractivity contribution in [2.45, 2.75) is 31.1 Å². The van der Waals surface area contributed by atoms with Crippen molar-refractivity contribution in [2.24, 2.45) is 0 Å². The van der Waals surface area contributed by atoms with Gasteiger partial charge in [0.25, 0.3) is 0 Å². The molecule has 0 atom stereocenters. The summed E-state index contributed by atoms with van der Waals surface area (Å²) in [5.74, 6) is 2.33. The van der Waals surface area contributed by atoms with Gasteiger partial charge in [-0.05, 0) is 25.0 Å². The Bertz CT molecular complexity index is 883. The molecule has 6 heteroatoms. The van der Waals surface area contributed by atoms with E-state index in [1.807, 2.05) is 0 Å². The summed E-state index contributed by atoms with van der Waals surface area (Å²) in [4.78, 5) is 11.5. The molecule has 0 fully saturated rings. The lowest BCUT2D eigenvalue weighted by Gasteiger charge is -2.12. The molecule has 0 aliphatic rings. The fourth-order valence-electron chi connectivity index (χ4n) is 2.44. The van der Waals surface area contributed by atoms with Crippen LogP contribution >= 0.6 is 0 Å². The van der Waals surface area contributed by atoms with Crippen LogP contribution in [0.3, 0.4) is 0 Å². The van der Waals surface area contributed by atoms with E-state index in [0.717, 1.165) is 6.42 Å². The van der Waals surface area contributed by atoms with E-state index in [2.05, 4.69) is 16.0 Å². The summed E-state index contributed by atoms with van der Waals surface area (Å²) in [7, 11) is -3.63. The van der Waals surface area contributed by atoms with Gasteiger partial charge in [-0.2, -0.15) is 0 Å². The van der Waals surface area contributed by atoms with E-state index in [-0.39, 0.29) is 10.8 Å². The zero-order chi connectivity index (χ0) is 17.6. The van der Waals surface area contributed by atoms with Gasteiger partial charge in [-0.1, -0.05) is 24.3 Å². The van der Waals surface area contributed by atoms with E-state index in [1.54, 1.807) is 30.3 Å². The van der Waals surface area contributed by atoms with E-state index in [1.165, 1.54) is 13.0 Å². The van der Waals surface area contributed by atoms with Crippen LogP contribution in [-0.4, -0.2) is 20.9 Å². The number of sulfonamides is 1. The first-order valence-corrected chi connectivity index (χ1v) is 9.16. The normalized spacial score (nSPS) is 11.2. The van der Waals surface area contributed by atoms with Crippen LogP contribution in [0, 0.1) is 12.3 Å². The Kier molecular flexibility index (Phi) is 5.96. The van der Waals surface area contributed by atoms with Gasteiger partial charge < -0.3 is 5.32 Å². The van der Waals surface area contributed by atoms with Crippen LogP contribution in [-0.2, 0) is 14.8 Å². The lowest BCUT2D eigenvalue weighted by Crippen LogP contribution is -2.25. The maximum atomic E-state index is 12.6. The molecule has 0 aromatic heterocycles. The molecule has 5 nitrogen and oxygen atoms in total. The molecule has 2 aromatic rings. The Morgan fingerprint density at radius 1 is 1.12 bits per heavy atom. The number of amides is 1. The Hall–Kier alpha value is -2.36. The minimum absolute atomic E-state index is 0.198. The second-order valence-electron chi connectivity index (χ2n) is 5.40. The highest BCUT2D eigenvalue weighted by Gasteiger charge is 2.18. The highest BCUT2D eigenvalue weighted by Crippen LogP contribution is 2.29. The lowest BCUT2D eigenvalue weighted by atomic mass is 10.1. The van der Waals surface area contributed by atoms with Crippen molar-refractivity contribution in [3.8, 4) is 12.3 Å². The molecule has 0 spiro atoms. The van der Waals surface area contributed by atoms with Crippen molar-refractivity contribution in [2.75, 3.05) is 11.9 Å². The standard InChI is InChI=1S/C18H20N2O3S/c1-3-4-5-8-13-19-24(22,23)18-12-11-17(20-14(2)21)15-9-6-7-10-16(15)18/h1,6-7,9-12,19H,4-5,8,13H2,2H3,(H,20,21). The van der Waals surface area contributed by atoms with Crippen LogP contribution in [0.25, 0.3) is 10.8 Å². The second kappa shape index (κ2) is 7.95. The predicted molar refractivity (Wildman–Crippen MR) is 96.1 cm³/mol. The molecular weight excluding hydrogens is 324 g/mol. The average Bonchev–Trinajstić information content (AvgIpc) is 2.54. The quantitative estimate of drug-likeness (QED) is 0.599. The Morgan fingerprint density at radius 3 is 2.50 bits per heavy atom. The summed E-state index contributed by atoms with van der Waals surface area (Å²) in [6.07, 6.45) is 7.28. The van der Waals surface area contributed by atoms with Crippen molar-refractivity contribution < 1.29 is 13.2 Å². The van der Waals surface area contributed by atoms with E-state index in [0.29, 0.717) is 35.8 Å². The van der Waals surface area contributed by atoms with Gasteiger partial charge >= 0.3 is 0 Å². The summed E-state index contributed by atoms with van der Waals surface area (Å²) in [6, 6.07) is 10.2. The number of terminal acetylenes is 1. The number of carbonyl (C=O) groups excluding carboxylic acids is 1. The molecule has 0 unspecified atom stereocenters. The van der Waals surface area contributed by atoms with Gasteiger partial charge in [0, 0.05) is 36.3 Å². The molecule has 2 rings (SSSR count). The van der Waals surface area contributed by atoms with E-state index in [9.17, 15) is 13.2 Å². The van der Waals surface area contributed by atoms with Crippen LogP contribution in [0.15, 0.2) is 41.3 Å². The molecule has 0 saturated heterocycles. The fraction of sp³-hybridized carbons (Fsp3) is 0.278. The number of anilines is 1. The summed E-state index contributed by atoms with van der Waals surface area (Å²) in [5, 5.41) is 3.97. The third kappa shape index (κ3) is 4.34. The molecule has 0 heterocycles. The van der Waals surface area contributed by atoms with Gasteiger partial charge in [-0.25, -0.2) is 13.1 Å². The summed E-state index contributed by atoms with van der Waals surface area (Å²) < 4.78 is 27.8. The number of fused-ring (bicyclic) bond motifs is 1. The third-order valence-electron chi connectivity index (χ3n) is 3.52. The molecule has 24 heavy (non-hydrogen) atoms. The number of carbonyl (C=O) groups is 1. The molecule has 2 aromatic carbocycles. The van der Waals surface area contributed by atoms with Crippen LogP contribution in [0.1, 0.15) is 26.2 Å². The SMILES string of the molecule is C#CCCCCNS(=O)(=O)c1ccc(NC(C)=O)c2ccccc12. The number of hydrogen-bond acceptors (Lipinski definition) is 3. The van der Waals surface area contributed by atoms with E-state index in [4.69, 9.17) is 6.42 Å². The summed E-state index contributed by atoms with van der Waals surface area (Å²) in [5.41, 5.74) is 0.589. The number of benzene rings is 2. The van der Waals surface area contributed by atoms with E-state index >= 15 is 0 Å². The lowest BCUT2D eigenvalue weighted by molar-refractivity contribution is -0.114. The predicted octanol–water partition coefficient (Wildman–Crippen LogP) is 2.88. The van der Waals surface area contributed by atoms with Crippen molar-refractivity contribution in [1.82, 2.24) is 4.72 Å². The van der Waals surface area contributed by atoms with Crippen LogP contribution in [0.4, 0.5) is 5.69 Å². The third-order valence-corrected chi connectivity index (χ3v) is 5.04. The summed E-state index contributed by atoms with van der Waals surface area (Å²) in [6.45, 7) is 1.75. The molecular formula is C18H20N2O3S. The zero-order valence-electron chi connectivity index (χ0n) is 13.5. The van der Waals surface area contributed by atoms with Gasteiger partial charge in [0.1, 0.15) is 0 Å². The van der Waals surface area contributed by atoms with Crippen LogP contribution in [0.2, 0.25) is 0 Å². The topological polar surface area (TPSA) is 75.3 Å². The Morgan fingerprint density at radius 2 is 1.83 bits per heavy atom. The minimum atomic E-state index is -3.63. The van der Waals surface area contributed by atoms with Gasteiger partial charge in [0.05, 0.1) is 4.90 Å². The molecule has 0 aliphatic heterocycles. The zero-order valence-corrected chi connectivity index (χ0v) is 14.3. The van der Waals surface area contributed by atoms with Crippen LogP contribution < -0.4 is 10.0 Å². The first kappa shape index (κ1) is 18.0. The van der Waals surface area contributed by atoms with Gasteiger partial charge in [0.2, 0.25) is 15.9 Å². The van der Waals surface area contributed by atoms with Crippen LogP contribution in [0.5, 0.6) is 0 Å². The van der Waals surface area contributed by atoms with Crippen molar-refractivity contribution in [3.05, 3.63) is 36.4 Å². The minimum Gasteiger partial charge on any atom is -0.326 e. The smallest absolute Gasteiger partial charge is 0.241 e. The molecule has 0 bridgehead atoms. The molecule has 126 valence electrons. The number of hydrogen-bond donors (Lipinski definition) is 2. The van der Waals surface area contributed by atoms with Gasteiger partial charge in [0.15, 0.2) is 0 Å². The maximum absolute atomic E-state index is 12.6. The van der Waals surface area contributed by atoms with Gasteiger partial charge in [-0.3, -0.25) is 4.79 Å². The number of rotatable bonds is 7. The molecule has 0 aliphatic carbocycles. The van der Waals surface area contributed by atoms with E-state index < -0.39 is 10.0 Å². The molecule has 0 radical (unpaired) electrons. The van der Waals surface area contributed by atoms with Crippen molar-refractivity contribution in [1.29, 1.82) is 0 Å². The average molecular weight is 344 g/mol.